The van der Waals surface area contributed by atoms with Crippen molar-refractivity contribution in [2.75, 3.05) is 6.61 Å². The average molecular weight is 348 g/mol. The van der Waals surface area contributed by atoms with Crippen LogP contribution in [0.2, 0.25) is 0 Å². The predicted octanol–water partition coefficient (Wildman–Crippen LogP) is 2.00. The molecule has 0 fully saturated rings. The summed E-state index contributed by atoms with van der Waals surface area (Å²) in [5.74, 6) is -2.50. The summed E-state index contributed by atoms with van der Waals surface area (Å²) in [5.41, 5.74) is 9.86. The summed E-state index contributed by atoms with van der Waals surface area (Å²) in [5, 5.41) is 11.9. The maximum atomic E-state index is 12.5. The highest BCUT2D eigenvalue weighted by Crippen LogP contribution is 2.41. The van der Waals surface area contributed by atoms with Crippen LogP contribution in [0.5, 0.6) is 5.75 Å². The van der Waals surface area contributed by atoms with Crippen LogP contribution in [0.4, 0.5) is 13.2 Å². The van der Waals surface area contributed by atoms with E-state index in [0.29, 0.717) is 0 Å². The monoisotopic (exact) mass is 348 g/mol. The molecule has 134 valence electrons. The third-order valence-corrected chi connectivity index (χ3v) is 3.14. The maximum Gasteiger partial charge on any atom is 0.422 e. The summed E-state index contributed by atoms with van der Waals surface area (Å²) in [7, 11) is 0. The van der Waals surface area contributed by atoms with Gasteiger partial charge in [-0.2, -0.15) is 13.2 Å². The van der Waals surface area contributed by atoms with Crippen LogP contribution in [-0.4, -0.2) is 34.7 Å². The molecule has 0 aliphatic heterocycles. The second kappa shape index (κ2) is 6.93. The summed E-state index contributed by atoms with van der Waals surface area (Å²) < 4.78 is 42.2. The van der Waals surface area contributed by atoms with Crippen LogP contribution in [0, 0.1) is 5.41 Å². The van der Waals surface area contributed by atoms with Gasteiger partial charge in [-0.05, 0) is 11.5 Å². The van der Waals surface area contributed by atoms with Gasteiger partial charge in [0.15, 0.2) is 6.61 Å². The molecule has 5 N–H and O–H groups in total. The van der Waals surface area contributed by atoms with Crippen molar-refractivity contribution < 1.29 is 27.9 Å². The summed E-state index contributed by atoms with van der Waals surface area (Å²) in [6.45, 7) is 3.51. The average Bonchev–Trinajstić information content (AvgIpc) is 2.43. The molecule has 0 aromatic carbocycles. The summed E-state index contributed by atoms with van der Waals surface area (Å²) in [4.78, 5) is 15.5. The van der Waals surface area contributed by atoms with Crippen molar-refractivity contribution in [2.24, 2.45) is 22.0 Å². The Morgan fingerprint density at radius 3 is 2.38 bits per heavy atom. The van der Waals surface area contributed by atoms with Gasteiger partial charge < -0.3 is 21.4 Å². The molecule has 1 aromatic heterocycles. The van der Waals surface area contributed by atoms with Gasteiger partial charge in [0.05, 0.1) is 5.92 Å². The number of pyridine rings is 1. The van der Waals surface area contributed by atoms with Gasteiger partial charge in [0.25, 0.3) is 5.91 Å². The molecule has 1 rings (SSSR count). The Hall–Kier alpha value is -2.52. The van der Waals surface area contributed by atoms with Crippen LogP contribution in [0.25, 0.3) is 0 Å². The van der Waals surface area contributed by atoms with E-state index in [4.69, 9.17) is 21.4 Å². The van der Waals surface area contributed by atoms with E-state index >= 15 is 0 Å². The number of halogens is 3. The van der Waals surface area contributed by atoms with Gasteiger partial charge in [0, 0.05) is 11.8 Å². The van der Waals surface area contributed by atoms with E-state index in [-0.39, 0.29) is 22.8 Å². The SMILES string of the molecule is CC(C)(C)C(/C(N)=N/O)c1c(OCC(F)(F)F)ccnc1C(N)=O. The van der Waals surface area contributed by atoms with E-state index in [2.05, 4.69) is 10.1 Å². The van der Waals surface area contributed by atoms with Crippen LogP contribution in [0.15, 0.2) is 17.4 Å². The third kappa shape index (κ3) is 4.74. The van der Waals surface area contributed by atoms with Gasteiger partial charge >= 0.3 is 6.18 Å². The first-order valence-corrected chi connectivity index (χ1v) is 6.84. The smallest absolute Gasteiger partial charge is 0.422 e. The number of alkyl halides is 3. The quantitative estimate of drug-likeness (QED) is 0.325. The van der Waals surface area contributed by atoms with Crippen molar-refractivity contribution in [3.05, 3.63) is 23.5 Å². The fraction of sp³-hybridized carbons (Fsp3) is 0.500. The van der Waals surface area contributed by atoms with Crippen molar-refractivity contribution in [2.45, 2.75) is 32.9 Å². The number of amides is 1. The zero-order valence-electron chi connectivity index (χ0n) is 13.4. The highest BCUT2D eigenvalue weighted by Gasteiger charge is 2.37. The fourth-order valence-corrected chi connectivity index (χ4v) is 2.30. The molecule has 7 nitrogen and oxygen atoms in total. The molecule has 1 atom stereocenters. The van der Waals surface area contributed by atoms with Crippen LogP contribution in [0.3, 0.4) is 0 Å². The molecule has 0 radical (unpaired) electrons. The minimum Gasteiger partial charge on any atom is -0.484 e. The molecule has 0 bridgehead atoms. The first kappa shape index (κ1) is 19.5. The predicted molar refractivity (Wildman–Crippen MR) is 79.9 cm³/mol. The van der Waals surface area contributed by atoms with Crippen molar-refractivity contribution in [1.29, 1.82) is 0 Å². The summed E-state index contributed by atoms with van der Waals surface area (Å²) >= 11 is 0. The lowest BCUT2D eigenvalue weighted by molar-refractivity contribution is -0.153. The van der Waals surface area contributed by atoms with Gasteiger partial charge in [-0.1, -0.05) is 25.9 Å². The molecular formula is C14H19F3N4O3. The van der Waals surface area contributed by atoms with Crippen molar-refractivity contribution in [3.8, 4) is 5.75 Å². The number of hydrogen-bond donors (Lipinski definition) is 3. The van der Waals surface area contributed by atoms with E-state index < -0.39 is 30.0 Å². The van der Waals surface area contributed by atoms with E-state index in [1.807, 2.05) is 0 Å². The number of amidine groups is 1. The number of oxime groups is 1. The molecule has 0 saturated heterocycles. The number of nitrogens with zero attached hydrogens (tertiary/aromatic N) is 2. The molecule has 0 aliphatic carbocycles. The second-order valence-corrected chi connectivity index (χ2v) is 6.16. The zero-order chi connectivity index (χ0) is 18.7. The van der Waals surface area contributed by atoms with Gasteiger partial charge in [-0.3, -0.25) is 9.78 Å². The number of aromatic nitrogens is 1. The number of carbonyl (C=O) groups is 1. The lowest BCUT2D eigenvalue weighted by Gasteiger charge is -2.31. The Bertz CT molecular complexity index is 639. The van der Waals surface area contributed by atoms with Gasteiger partial charge in [-0.15, -0.1) is 0 Å². The van der Waals surface area contributed by atoms with Crippen LogP contribution < -0.4 is 16.2 Å². The van der Waals surface area contributed by atoms with E-state index in [1.54, 1.807) is 20.8 Å². The molecule has 0 spiro atoms. The Morgan fingerprint density at radius 2 is 1.96 bits per heavy atom. The first-order chi connectivity index (χ1) is 10.9. The van der Waals surface area contributed by atoms with Crippen LogP contribution in [-0.2, 0) is 0 Å². The van der Waals surface area contributed by atoms with Crippen LogP contribution in [0.1, 0.15) is 42.7 Å². The molecule has 24 heavy (non-hydrogen) atoms. The number of carbonyl (C=O) groups excluding carboxylic acids is 1. The standard InChI is InChI=1S/C14H19F3N4O3/c1-13(2,3)9(11(18)21-23)8-7(24-6-14(15,16)17)4-5-20-10(8)12(19)22/h4-5,9,23H,6H2,1-3H3,(H2,18,21)(H2,19,22). The molecule has 1 amide bonds. The summed E-state index contributed by atoms with van der Waals surface area (Å²) in [6.07, 6.45) is -3.48. The Labute approximate surface area is 136 Å². The Balaban J connectivity index is 3.58. The molecule has 0 saturated carbocycles. The lowest BCUT2D eigenvalue weighted by Crippen LogP contribution is -2.35. The van der Waals surface area contributed by atoms with Crippen LogP contribution >= 0.6 is 0 Å². The molecule has 1 unspecified atom stereocenters. The van der Waals surface area contributed by atoms with Crippen molar-refractivity contribution in [3.63, 3.8) is 0 Å². The third-order valence-electron chi connectivity index (χ3n) is 3.14. The van der Waals surface area contributed by atoms with Crippen molar-refractivity contribution >= 4 is 11.7 Å². The van der Waals surface area contributed by atoms with E-state index in [0.717, 1.165) is 12.3 Å². The van der Waals surface area contributed by atoms with Gasteiger partial charge in [0.2, 0.25) is 0 Å². The highest BCUT2D eigenvalue weighted by molar-refractivity contribution is 5.97. The molecule has 1 heterocycles. The second-order valence-electron chi connectivity index (χ2n) is 6.16. The van der Waals surface area contributed by atoms with Gasteiger partial charge in [-0.25, -0.2) is 0 Å². The maximum absolute atomic E-state index is 12.5. The Morgan fingerprint density at radius 1 is 1.38 bits per heavy atom. The van der Waals surface area contributed by atoms with Crippen molar-refractivity contribution in [1.82, 2.24) is 4.98 Å². The summed E-state index contributed by atoms with van der Waals surface area (Å²) in [6, 6.07) is 1.16. The number of rotatable bonds is 5. The van der Waals surface area contributed by atoms with Gasteiger partial charge in [0.1, 0.15) is 17.3 Å². The Kier molecular flexibility index (Phi) is 5.64. The number of primary amides is 1. The molecule has 1 aromatic rings. The minimum absolute atomic E-state index is 0.0583. The number of nitrogens with two attached hydrogens (primary N) is 2. The fourth-order valence-electron chi connectivity index (χ4n) is 2.30. The number of hydrogen-bond acceptors (Lipinski definition) is 5. The first-order valence-electron chi connectivity index (χ1n) is 6.84. The number of ether oxygens (including phenoxy) is 1. The highest BCUT2D eigenvalue weighted by atomic mass is 19.4. The van der Waals surface area contributed by atoms with E-state index in [1.165, 1.54) is 0 Å². The normalized spacial score (nSPS) is 14.3. The van der Waals surface area contributed by atoms with E-state index in [9.17, 15) is 18.0 Å². The molecule has 10 heteroatoms. The largest absolute Gasteiger partial charge is 0.484 e. The zero-order valence-corrected chi connectivity index (χ0v) is 13.4. The molecule has 0 aliphatic rings. The minimum atomic E-state index is -4.58. The topological polar surface area (TPSA) is 124 Å². The lowest BCUT2D eigenvalue weighted by atomic mass is 9.74. The molecular weight excluding hydrogens is 329 g/mol.